The molecule has 1 saturated heterocycles. The Morgan fingerprint density at radius 1 is 1.14 bits per heavy atom. The second-order valence-electron chi connectivity index (χ2n) is 8.54. The van der Waals surface area contributed by atoms with E-state index in [2.05, 4.69) is 4.74 Å². The molecule has 0 N–H and O–H groups in total. The van der Waals surface area contributed by atoms with Crippen LogP contribution in [0.4, 0.5) is 18.2 Å². The molecular formula is C23H24F3N2O5S3-. The Hall–Kier alpha value is -2.19. The maximum absolute atomic E-state index is 12.5. The molecule has 1 fully saturated rings. The van der Waals surface area contributed by atoms with Gasteiger partial charge >= 0.3 is 6.36 Å². The number of anilines is 1. The van der Waals surface area contributed by atoms with Crippen molar-refractivity contribution in [2.24, 2.45) is 0 Å². The highest BCUT2D eigenvalue weighted by atomic mass is 32.2. The Balaban J connectivity index is 1.62. The van der Waals surface area contributed by atoms with Crippen molar-refractivity contribution in [2.75, 3.05) is 35.4 Å². The summed E-state index contributed by atoms with van der Waals surface area (Å²) in [5.74, 6) is -0.427. The van der Waals surface area contributed by atoms with E-state index in [0.717, 1.165) is 15.6 Å². The van der Waals surface area contributed by atoms with Crippen molar-refractivity contribution in [1.29, 1.82) is 0 Å². The minimum atomic E-state index is -4.80. The number of aryl methyl sites for hydroxylation is 1. The molecule has 0 spiro atoms. The fourth-order valence-corrected chi connectivity index (χ4v) is 7.52. The predicted molar refractivity (Wildman–Crippen MR) is 134 cm³/mol. The summed E-state index contributed by atoms with van der Waals surface area (Å²) in [6, 6.07) is 12.6. The zero-order chi connectivity index (χ0) is 26.1. The summed E-state index contributed by atoms with van der Waals surface area (Å²) in [6.07, 6.45) is -4.49. The van der Waals surface area contributed by atoms with Crippen molar-refractivity contribution < 1.29 is 35.1 Å². The van der Waals surface area contributed by atoms with Gasteiger partial charge in [-0.05, 0) is 48.1 Å². The first-order valence-electron chi connectivity index (χ1n) is 11.1. The van der Waals surface area contributed by atoms with Crippen molar-refractivity contribution in [3.63, 3.8) is 0 Å². The van der Waals surface area contributed by atoms with E-state index >= 15 is 0 Å². The Labute approximate surface area is 213 Å². The number of ether oxygens (including phenoxy) is 1. The number of hydrogen-bond acceptors (Lipinski definition) is 7. The van der Waals surface area contributed by atoms with Gasteiger partial charge in [-0.15, -0.1) is 24.5 Å². The van der Waals surface area contributed by atoms with E-state index in [1.165, 1.54) is 39.9 Å². The van der Waals surface area contributed by atoms with Crippen molar-refractivity contribution in [2.45, 2.75) is 25.7 Å². The molecule has 0 radical (unpaired) electrons. The maximum atomic E-state index is 12.5. The number of halogens is 3. The van der Waals surface area contributed by atoms with E-state index in [9.17, 15) is 30.4 Å². The van der Waals surface area contributed by atoms with Gasteiger partial charge in [0.05, 0.1) is 11.5 Å². The van der Waals surface area contributed by atoms with Crippen LogP contribution in [-0.4, -0.2) is 65.6 Å². The summed E-state index contributed by atoms with van der Waals surface area (Å²) >= 11 is -1.24. The lowest BCUT2D eigenvalue weighted by Crippen LogP contribution is -2.51. The van der Waals surface area contributed by atoms with Gasteiger partial charge in [0.1, 0.15) is 10.8 Å². The smallest absolute Gasteiger partial charge is 0.573 e. The lowest BCUT2D eigenvalue weighted by atomic mass is 10.0. The monoisotopic (exact) mass is 561 g/mol. The van der Waals surface area contributed by atoms with Crippen LogP contribution in [0.2, 0.25) is 0 Å². The van der Waals surface area contributed by atoms with Gasteiger partial charge < -0.3 is 9.29 Å². The first-order valence-corrected chi connectivity index (χ1v) is 14.7. The second kappa shape index (κ2) is 10.7. The van der Waals surface area contributed by atoms with Crippen molar-refractivity contribution >= 4 is 47.5 Å². The van der Waals surface area contributed by atoms with Crippen LogP contribution in [0.3, 0.4) is 0 Å². The molecule has 2 atom stereocenters. The molecule has 0 amide bonds. The van der Waals surface area contributed by atoms with E-state index in [4.69, 9.17) is 0 Å². The molecule has 2 aromatic carbocycles. The van der Waals surface area contributed by atoms with Gasteiger partial charge in [0.2, 0.25) is 0 Å². The quantitative estimate of drug-likeness (QED) is 0.386. The van der Waals surface area contributed by atoms with Crippen LogP contribution < -0.4 is 9.04 Å². The molecule has 2 heterocycles. The zero-order valence-corrected chi connectivity index (χ0v) is 21.7. The summed E-state index contributed by atoms with van der Waals surface area (Å²) in [5, 5.41) is 1.53. The molecule has 196 valence electrons. The minimum Gasteiger partial charge on any atom is -0.755 e. The predicted octanol–water partition coefficient (Wildman–Crippen LogP) is 4.05. The highest BCUT2D eigenvalue weighted by Crippen LogP contribution is 2.38. The molecule has 0 aliphatic carbocycles. The average molecular weight is 562 g/mol. The number of hydrogen-bond donors (Lipinski definition) is 0. The van der Waals surface area contributed by atoms with Gasteiger partial charge in [-0.1, -0.05) is 30.3 Å². The van der Waals surface area contributed by atoms with Crippen LogP contribution in [0.15, 0.2) is 48.5 Å². The number of alkyl halides is 3. The summed E-state index contributed by atoms with van der Waals surface area (Å²) in [5.41, 5.74) is 1.50. The van der Waals surface area contributed by atoms with E-state index in [-0.39, 0.29) is 36.9 Å². The largest absolute Gasteiger partial charge is 0.755 e. The Kier molecular flexibility index (Phi) is 7.95. The lowest BCUT2D eigenvalue weighted by Gasteiger charge is -2.38. The molecule has 1 aliphatic rings. The van der Waals surface area contributed by atoms with E-state index < -0.39 is 33.5 Å². The molecule has 4 rings (SSSR count). The summed E-state index contributed by atoms with van der Waals surface area (Å²) in [7, 11) is -3.16. The number of rotatable bonds is 8. The molecule has 2 unspecified atom stereocenters. The molecule has 0 bridgehead atoms. The third-order valence-electron chi connectivity index (χ3n) is 6.13. The molecule has 1 aliphatic heterocycles. The first-order chi connectivity index (χ1) is 16.9. The van der Waals surface area contributed by atoms with E-state index in [0.29, 0.717) is 17.0 Å². The fraction of sp³-hybridized carbons (Fsp3) is 0.391. The standard InChI is InChI=1S/C23H25F3N2O5S3/c1-16-20-4-2-3-5-21(20)34-22(16)28(35(29)30)15-18(27-10-12-36(31,32)13-11-27)14-17-6-8-19(9-7-17)33-23(24,25)26/h2-9,18H,10-15H2,1H3,(H,29,30)/p-1. The van der Waals surface area contributed by atoms with Crippen molar-refractivity contribution in [3.05, 3.63) is 59.7 Å². The summed E-state index contributed by atoms with van der Waals surface area (Å²) in [4.78, 5) is 1.93. The van der Waals surface area contributed by atoms with Gasteiger partial charge in [-0.3, -0.25) is 13.4 Å². The highest BCUT2D eigenvalue weighted by molar-refractivity contribution is 7.91. The Morgan fingerprint density at radius 3 is 2.36 bits per heavy atom. The van der Waals surface area contributed by atoms with Crippen LogP contribution in [0, 0.1) is 6.92 Å². The molecule has 3 aromatic rings. The van der Waals surface area contributed by atoms with Crippen LogP contribution in [-0.2, 0) is 27.5 Å². The van der Waals surface area contributed by atoms with Gasteiger partial charge in [0.15, 0.2) is 9.84 Å². The number of nitrogens with zero attached hydrogens (tertiary/aromatic N) is 2. The number of fused-ring (bicyclic) bond motifs is 1. The Bertz CT molecular complexity index is 1330. The molecule has 7 nitrogen and oxygen atoms in total. The zero-order valence-electron chi connectivity index (χ0n) is 19.2. The van der Waals surface area contributed by atoms with Crippen molar-refractivity contribution in [1.82, 2.24) is 4.90 Å². The molecular weight excluding hydrogens is 537 g/mol. The van der Waals surface area contributed by atoms with Crippen LogP contribution in [0.1, 0.15) is 11.1 Å². The number of thiophene rings is 1. The highest BCUT2D eigenvalue weighted by Gasteiger charge is 2.32. The van der Waals surface area contributed by atoms with Crippen molar-refractivity contribution in [3.8, 4) is 5.75 Å². The third kappa shape index (κ3) is 6.57. The summed E-state index contributed by atoms with van der Waals surface area (Å²) < 4.78 is 92.4. The van der Waals surface area contributed by atoms with Gasteiger partial charge in [-0.2, -0.15) is 0 Å². The normalized spacial score (nSPS) is 18.1. The second-order valence-corrected chi connectivity index (χ2v) is 12.8. The molecule has 36 heavy (non-hydrogen) atoms. The fourth-order valence-electron chi connectivity index (χ4n) is 4.30. The molecule has 13 heteroatoms. The van der Waals surface area contributed by atoms with E-state index in [1.807, 2.05) is 36.1 Å². The average Bonchev–Trinajstić information content (AvgIpc) is 3.13. The van der Waals surface area contributed by atoms with Crippen LogP contribution in [0.5, 0.6) is 5.75 Å². The number of sulfone groups is 1. The van der Waals surface area contributed by atoms with Gasteiger partial charge in [0.25, 0.3) is 0 Å². The van der Waals surface area contributed by atoms with Gasteiger partial charge in [-0.25, -0.2) is 8.42 Å². The third-order valence-corrected chi connectivity index (χ3v) is 9.84. The first kappa shape index (κ1) is 26.9. The number of benzene rings is 2. The van der Waals surface area contributed by atoms with Crippen LogP contribution >= 0.6 is 11.3 Å². The topological polar surface area (TPSA) is 90.0 Å². The SMILES string of the molecule is Cc1c(N(CC(Cc2ccc(OC(F)(F)F)cc2)N2CCS(=O)(=O)CC2)S(=O)[O-])sc2ccccc12. The lowest BCUT2D eigenvalue weighted by molar-refractivity contribution is -0.274. The maximum Gasteiger partial charge on any atom is 0.573 e. The van der Waals surface area contributed by atoms with Gasteiger partial charge in [0, 0.05) is 41.6 Å². The van der Waals surface area contributed by atoms with E-state index in [1.54, 1.807) is 0 Å². The molecule has 0 saturated carbocycles. The minimum absolute atomic E-state index is 0.0375. The summed E-state index contributed by atoms with van der Waals surface area (Å²) in [6.45, 7) is 2.40. The Morgan fingerprint density at radius 2 is 1.78 bits per heavy atom. The molecule has 1 aromatic heterocycles. The van der Waals surface area contributed by atoms with Crippen LogP contribution in [0.25, 0.3) is 10.1 Å².